The van der Waals surface area contributed by atoms with Gasteiger partial charge in [0.2, 0.25) is 10.0 Å². The van der Waals surface area contributed by atoms with Gasteiger partial charge in [0.25, 0.3) is 0 Å². The smallest absolute Gasteiger partial charge is 0.307 e. The highest BCUT2D eigenvalue weighted by atomic mass is 32.2. The highest BCUT2D eigenvalue weighted by Crippen LogP contribution is 2.18. The fourth-order valence-corrected chi connectivity index (χ4v) is 3.67. The summed E-state index contributed by atoms with van der Waals surface area (Å²) in [4.78, 5) is 11.6. The summed E-state index contributed by atoms with van der Waals surface area (Å²) in [7, 11) is -2.91. The summed E-state index contributed by atoms with van der Waals surface area (Å²) in [6.45, 7) is 1.79. The van der Waals surface area contributed by atoms with Crippen molar-refractivity contribution in [1.29, 1.82) is 0 Å². The first-order valence-electron chi connectivity index (χ1n) is 7.91. The Hall–Kier alpha value is -2.39. The molecule has 0 fully saturated rings. The van der Waals surface area contributed by atoms with Crippen molar-refractivity contribution in [2.75, 3.05) is 7.11 Å². The molecule has 0 aliphatic carbocycles. The molecule has 0 heterocycles. The molecule has 2 aromatic carbocycles. The van der Waals surface area contributed by atoms with Crippen LogP contribution in [0.25, 0.3) is 0 Å². The van der Waals surface area contributed by atoms with Gasteiger partial charge < -0.3 is 4.74 Å². The third-order valence-electron chi connectivity index (χ3n) is 3.85. The highest BCUT2D eigenvalue weighted by molar-refractivity contribution is 7.89. The van der Waals surface area contributed by atoms with Gasteiger partial charge in [-0.15, -0.1) is 0 Å². The van der Waals surface area contributed by atoms with Crippen LogP contribution in [0.15, 0.2) is 41.3 Å². The standard InChI is InChI=1S/C18H18F3NO4S/c1-11-3-5-14(6-4-11)27(24,25)22-13(9-18(23)26-2)7-12-8-16(20)17(21)10-15(12)19/h3-6,8,10,13,22H,7,9H2,1-2H3. The molecule has 1 N–H and O–H groups in total. The fraction of sp³-hybridized carbons (Fsp3) is 0.278. The number of ether oxygens (including phenoxy) is 1. The van der Waals surface area contributed by atoms with Gasteiger partial charge in [0.1, 0.15) is 5.82 Å². The Morgan fingerprint density at radius 3 is 2.26 bits per heavy atom. The van der Waals surface area contributed by atoms with E-state index < -0.39 is 45.9 Å². The third-order valence-corrected chi connectivity index (χ3v) is 5.39. The summed E-state index contributed by atoms with van der Waals surface area (Å²) in [5, 5.41) is 0. The van der Waals surface area contributed by atoms with E-state index in [9.17, 15) is 26.4 Å². The topological polar surface area (TPSA) is 72.5 Å². The van der Waals surface area contributed by atoms with Crippen molar-refractivity contribution >= 4 is 16.0 Å². The molecule has 9 heteroatoms. The minimum atomic E-state index is -4.03. The van der Waals surface area contributed by atoms with Crippen LogP contribution < -0.4 is 4.72 Å². The molecule has 1 atom stereocenters. The Labute approximate surface area is 155 Å². The van der Waals surface area contributed by atoms with E-state index in [1.165, 1.54) is 12.1 Å². The largest absolute Gasteiger partial charge is 0.469 e. The molecule has 27 heavy (non-hydrogen) atoms. The minimum Gasteiger partial charge on any atom is -0.469 e. The van der Waals surface area contributed by atoms with E-state index in [1.54, 1.807) is 19.1 Å². The Balaban J connectivity index is 2.30. The van der Waals surface area contributed by atoms with E-state index in [4.69, 9.17) is 0 Å². The van der Waals surface area contributed by atoms with Crippen molar-refractivity contribution < 1.29 is 31.1 Å². The second-order valence-corrected chi connectivity index (χ2v) is 7.69. The zero-order chi connectivity index (χ0) is 20.2. The molecule has 0 aliphatic heterocycles. The van der Waals surface area contributed by atoms with Crippen molar-refractivity contribution in [3.05, 3.63) is 65.0 Å². The molecule has 0 aliphatic rings. The molecule has 0 spiro atoms. The Kier molecular flexibility index (Phi) is 6.61. The lowest BCUT2D eigenvalue weighted by molar-refractivity contribution is -0.141. The fourth-order valence-electron chi connectivity index (χ4n) is 2.43. The van der Waals surface area contributed by atoms with Crippen molar-refractivity contribution in [2.45, 2.75) is 30.7 Å². The monoisotopic (exact) mass is 401 g/mol. The molecule has 5 nitrogen and oxygen atoms in total. The summed E-state index contributed by atoms with van der Waals surface area (Å²) >= 11 is 0. The van der Waals surface area contributed by atoms with Crippen molar-refractivity contribution in [3.63, 3.8) is 0 Å². The van der Waals surface area contributed by atoms with Gasteiger partial charge >= 0.3 is 5.97 Å². The number of hydrogen-bond donors (Lipinski definition) is 1. The van der Waals surface area contributed by atoms with E-state index in [2.05, 4.69) is 9.46 Å². The summed E-state index contributed by atoms with van der Waals surface area (Å²) in [5.74, 6) is -4.42. The summed E-state index contributed by atoms with van der Waals surface area (Å²) < 4.78 is 72.3. The normalized spacial score (nSPS) is 12.6. The predicted octanol–water partition coefficient (Wildman–Crippen LogP) is 2.87. The van der Waals surface area contributed by atoms with E-state index in [0.29, 0.717) is 12.1 Å². The molecule has 146 valence electrons. The van der Waals surface area contributed by atoms with Crippen LogP contribution in [0.4, 0.5) is 13.2 Å². The highest BCUT2D eigenvalue weighted by Gasteiger charge is 2.24. The first kappa shape index (κ1) is 20.9. The zero-order valence-corrected chi connectivity index (χ0v) is 15.4. The molecule has 2 aromatic rings. The van der Waals surface area contributed by atoms with Crippen LogP contribution in [-0.2, 0) is 26.0 Å². The van der Waals surface area contributed by atoms with Gasteiger partial charge in [-0.3, -0.25) is 4.79 Å². The van der Waals surface area contributed by atoms with Crippen LogP contribution in [0.2, 0.25) is 0 Å². The van der Waals surface area contributed by atoms with Gasteiger partial charge in [0.05, 0.1) is 18.4 Å². The molecule has 0 saturated carbocycles. The lowest BCUT2D eigenvalue weighted by Gasteiger charge is -2.18. The van der Waals surface area contributed by atoms with Crippen LogP contribution in [0.1, 0.15) is 17.5 Å². The number of hydrogen-bond acceptors (Lipinski definition) is 4. The first-order chi connectivity index (χ1) is 12.6. The number of carbonyl (C=O) groups excluding carboxylic acids is 1. The van der Waals surface area contributed by atoms with Gasteiger partial charge in [0.15, 0.2) is 11.6 Å². The number of methoxy groups -OCH3 is 1. The maximum absolute atomic E-state index is 13.9. The third kappa shape index (κ3) is 5.54. The molecule has 1 unspecified atom stereocenters. The maximum Gasteiger partial charge on any atom is 0.307 e. The summed E-state index contributed by atoms with van der Waals surface area (Å²) in [5.41, 5.74) is 0.582. The Bertz CT molecular complexity index is 930. The molecule has 0 saturated heterocycles. The minimum absolute atomic E-state index is 0.0475. The quantitative estimate of drug-likeness (QED) is 0.572. The number of halogens is 3. The van der Waals surface area contributed by atoms with Crippen LogP contribution in [0.3, 0.4) is 0 Å². The maximum atomic E-state index is 13.9. The molecular formula is C18H18F3NO4S. The number of nitrogens with one attached hydrogen (secondary N) is 1. The van der Waals surface area contributed by atoms with Gasteiger partial charge in [0, 0.05) is 12.1 Å². The average Bonchev–Trinajstić information content (AvgIpc) is 2.59. The number of esters is 1. The van der Waals surface area contributed by atoms with Crippen molar-refractivity contribution in [1.82, 2.24) is 4.72 Å². The lowest BCUT2D eigenvalue weighted by atomic mass is 10.0. The average molecular weight is 401 g/mol. The second kappa shape index (κ2) is 8.53. The van der Waals surface area contributed by atoms with Gasteiger partial charge in [-0.05, 0) is 37.1 Å². The number of rotatable bonds is 7. The van der Waals surface area contributed by atoms with Gasteiger partial charge in [-0.2, -0.15) is 0 Å². The van der Waals surface area contributed by atoms with E-state index in [1.807, 2.05) is 0 Å². The van der Waals surface area contributed by atoms with Gasteiger partial charge in [-0.25, -0.2) is 26.3 Å². The number of aryl methyl sites for hydroxylation is 1. The molecule has 2 rings (SSSR count). The van der Waals surface area contributed by atoms with Crippen LogP contribution in [-0.4, -0.2) is 27.5 Å². The molecule has 0 radical (unpaired) electrons. The van der Waals surface area contributed by atoms with Crippen molar-refractivity contribution in [2.24, 2.45) is 0 Å². The SMILES string of the molecule is COC(=O)CC(Cc1cc(F)c(F)cc1F)NS(=O)(=O)c1ccc(C)cc1. The summed E-state index contributed by atoms with van der Waals surface area (Å²) in [6, 6.07) is 5.83. The molecule has 0 amide bonds. The van der Waals surface area contributed by atoms with Crippen LogP contribution >= 0.6 is 0 Å². The van der Waals surface area contributed by atoms with Gasteiger partial charge in [-0.1, -0.05) is 17.7 Å². The van der Waals surface area contributed by atoms with E-state index in [-0.39, 0.29) is 16.9 Å². The van der Waals surface area contributed by atoms with Crippen molar-refractivity contribution in [3.8, 4) is 0 Å². The number of carbonyl (C=O) groups is 1. The van der Waals surface area contributed by atoms with E-state index in [0.717, 1.165) is 12.7 Å². The van der Waals surface area contributed by atoms with Crippen LogP contribution in [0, 0.1) is 24.4 Å². The predicted molar refractivity (Wildman–Crippen MR) is 91.9 cm³/mol. The number of sulfonamides is 1. The zero-order valence-electron chi connectivity index (χ0n) is 14.6. The molecule has 0 aromatic heterocycles. The molecule has 0 bridgehead atoms. The number of benzene rings is 2. The van der Waals surface area contributed by atoms with Crippen LogP contribution in [0.5, 0.6) is 0 Å². The Morgan fingerprint density at radius 2 is 1.67 bits per heavy atom. The lowest BCUT2D eigenvalue weighted by Crippen LogP contribution is -2.38. The van der Waals surface area contributed by atoms with E-state index >= 15 is 0 Å². The summed E-state index contributed by atoms with van der Waals surface area (Å²) in [6.07, 6.45) is -0.788. The Morgan fingerprint density at radius 1 is 1.07 bits per heavy atom. The second-order valence-electron chi connectivity index (χ2n) is 5.97. The molecular weight excluding hydrogens is 383 g/mol. The first-order valence-corrected chi connectivity index (χ1v) is 9.40.